The third-order valence-corrected chi connectivity index (χ3v) is 6.09. The second-order valence-electron chi connectivity index (χ2n) is 8.22. The Hall–Kier alpha value is -4.80. The normalized spacial score (nSPS) is 10.6. The van der Waals surface area contributed by atoms with Crippen LogP contribution in [0.2, 0.25) is 5.02 Å². The standard InChI is InChI=1S/C29H19ClFN5O/c1-3-19-14-21(31)9-10-23(19)26-13-18(2)24(16-25(26)20-7-5-4-6-8-20)29(37)35-22-15-27(30)28(32-17-22)36-33-11-12-34-36/h1,4-17H,2H3,(H,35,37). The molecule has 0 atom stereocenters. The minimum absolute atomic E-state index is 0.282. The third-order valence-electron chi connectivity index (χ3n) is 5.81. The first-order valence-electron chi connectivity index (χ1n) is 11.2. The number of halogens is 2. The van der Waals surface area contributed by atoms with Crippen molar-refractivity contribution in [2.75, 3.05) is 5.32 Å². The number of rotatable bonds is 5. The fourth-order valence-electron chi connectivity index (χ4n) is 4.07. The van der Waals surface area contributed by atoms with Crippen molar-refractivity contribution >= 4 is 23.2 Å². The molecule has 2 heterocycles. The van der Waals surface area contributed by atoms with E-state index in [0.29, 0.717) is 28.2 Å². The molecule has 2 aromatic heterocycles. The number of nitrogens with one attached hydrogen (secondary N) is 1. The molecule has 37 heavy (non-hydrogen) atoms. The fourth-order valence-corrected chi connectivity index (χ4v) is 4.31. The summed E-state index contributed by atoms with van der Waals surface area (Å²) in [5.41, 5.74) is 5.21. The van der Waals surface area contributed by atoms with E-state index in [2.05, 4.69) is 26.4 Å². The number of anilines is 1. The van der Waals surface area contributed by atoms with E-state index in [9.17, 15) is 9.18 Å². The van der Waals surface area contributed by atoms with Crippen LogP contribution in [-0.2, 0) is 0 Å². The molecular weight excluding hydrogens is 489 g/mol. The topological polar surface area (TPSA) is 72.7 Å². The fraction of sp³-hybridized carbons (Fsp3) is 0.0345. The van der Waals surface area contributed by atoms with E-state index in [4.69, 9.17) is 18.0 Å². The van der Waals surface area contributed by atoms with E-state index in [1.807, 2.05) is 49.4 Å². The number of aryl methyl sites for hydroxylation is 1. The van der Waals surface area contributed by atoms with Crippen molar-refractivity contribution in [2.45, 2.75) is 6.92 Å². The van der Waals surface area contributed by atoms with Gasteiger partial charge in [0.1, 0.15) is 5.82 Å². The molecular formula is C29H19ClFN5O. The van der Waals surface area contributed by atoms with Crippen molar-refractivity contribution in [1.29, 1.82) is 0 Å². The Labute approximate surface area is 217 Å². The lowest BCUT2D eigenvalue weighted by molar-refractivity contribution is 0.102. The van der Waals surface area contributed by atoms with Crippen molar-refractivity contribution in [1.82, 2.24) is 20.0 Å². The van der Waals surface area contributed by atoms with E-state index < -0.39 is 5.82 Å². The summed E-state index contributed by atoms with van der Waals surface area (Å²) in [4.78, 5) is 18.9. The summed E-state index contributed by atoms with van der Waals surface area (Å²) in [7, 11) is 0. The monoisotopic (exact) mass is 507 g/mol. The van der Waals surface area contributed by atoms with Crippen LogP contribution in [0.15, 0.2) is 85.3 Å². The van der Waals surface area contributed by atoms with Gasteiger partial charge in [-0.1, -0.05) is 53.9 Å². The summed E-state index contributed by atoms with van der Waals surface area (Å²) in [5, 5.41) is 11.2. The number of aromatic nitrogens is 4. The number of amides is 1. The van der Waals surface area contributed by atoms with E-state index in [1.165, 1.54) is 35.5 Å². The van der Waals surface area contributed by atoms with Crippen LogP contribution in [0.5, 0.6) is 0 Å². The summed E-state index contributed by atoms with van der Waals surface area (Å²) < 4.78 is 13.9. The highest BCUT2D eigenvalue weighted by molar-refractivity contribution is 6.32. The van der Waals surface area contributed by atoms with E-state index >= 15 is 0 Å². The average molecular weight is 508 g/mol. The molecule has 0 aliphatic heterocycles. The quantitative estimate of drug-likeness (QED) is 0.282. The number of nitrogens with zero attached hydrogens (tertiary/aromatic N) is 4. The molecule has 0 saturated carbocycles. The van der Waals surface area contributed by atoms with Gasteiger partial charge in [0.2, 0.25) is 0 Å². The van der Waals surface area contributed by atoms with Gasteiger partial charge < -0.3 is 5.32 Å². The van der Waals surface area contributed by atoms with Crippen molar-refractivity contribution in [3.05, 3.63) is 113 Å². The second kappa shape index (κ2) is 10.1. The number of carbonyl (C=O) groups is 1. The average Bonchev–Trinajstić information content (AvgIpc) is 3.43. The zero-order valence-electron chi connectivity index (χ0n) is 19.6. The Morgan fingerprint density at radius 3 is 2.46 bits per heavy atom. The molecule has 5 aromatic rings. The second-order valence-corrected chi connectivity index (χ2v) is 8.62. The molecule has 1 amide bonds. The van der Waals surface area contributed by atoms with Crippen LogP contribution < -0.4 is 5.32 Å². The van der Waals surface area contributed by atoms with Gasteiger partial charge in [0.25, 0.3) is 5.91 Å². The van der Waals surface area contributed by atoms with E-state index in [-0.39, 0.29) is 10.9 Å². The molecule has 0 fully saturated rings. The molecule has 1 N–H and O–H groups in total. The van der Waals surface area contributed by atoms with Gasteiger partial charge in [0.05, 0.1) is 29.3 Å². The summed E-state index contributed by atoms with van der Waals surface area (Å²) >= 11 is 6.36. The predicted octanol–water partition coefficient (Wildman–Crippen LogP) is 6.33. The molecule has 0 spiro atoms. The zero-order chi connectivity index (χ0) is 25.9. The molecule has 8 heteroatoms. The summed E-state index contributed by atoms with van der Waals surface area (Å²) in [6, 6.07) is 19.3. The van der Waals surface area contributed by atoms with Crippen molar-refractivity contribution in [3.8, 4) is 40.4 Å². The molecule has 0 unspecified atom stereocenters. The number of carbonyl (C=O) groups excluding carboxylic acids is 1. The Balaban J connectivity index is 1.56. The largest absolute Gasteiger partial charge is 0.321 e. The number of hydrogen-bond acceptors (Lipinski definition) is 4. The smallest absolute Gasteiger partial charge is 0.255 e. The van der Waals surface area contributed by atoms with E-state index in [1.54, 1.807) is 12.1 Å². The molecule has 5 rings (SSSR count). The maximum Gasteiger partial charge on any atom is 0.255 e. The Morgan fingerprint density at radius 1 is 1.00 bits per heavy atom. The van der Waals surface area contributed by atoms with Crippen LogP contribution in [0.1, 0.15) is 21.5 Å². The number of hydrogen-bond donors (Lipinski definition) is 1. The van der Waals surface area contributed by atoms with Gasteiger partial charge in [-0.3, -0.25) is 4.79 Å². The Kier molecular flexibility index (Phi) is 6.50. The predicted molar refractivity (Wildman–Crippen MR) is 142 cm³/mol. The molecule has 6 nitrogen and oxygen atoms in total. The highest BCUT2D eigenvalue weighted by Gasteiger charge is 2.18. The maximum absolute atomic E-state index is 13.9. The van der Waals surface area contributed by atoms with Gasteiger partial charge in [-0.25, -0.2) is 9.37 Å². The van der Waals surface area contributed by atoms with Gasteiger partial charge in [0, 0.05) is 11.1 Å². The Morgan fingerprint density at radius 2 is 1.76 bits per heavy atom. The highest BCUT2D eigenvalue weighted by atomic mass is 35.5. The first-order chi connectivity index (χ1) is 17.9. The van der Waals surface area contributed by atoms with E-state index in [0.717, 1.165) is 22.3 Å². The number of terminal acetylenes is 1. The van der Waals surface area contributed by atoms with Crippen molar-refractivity contribution in [3.63, 3.8) is 0 Å². The first kappa shape index (κ1) is 23.9. The summed E-state index contributed by atoms with van der Waals surface area (Å²) in [6.07, 6.45) is 10.2. The third kappa shape index (κ3) is 4.83. The van der Waals surface area contributed by atoms with Crippen LogP contribution >= 0.6 is 11.6 Å². The lowest BCUT2D eigenvalue weighted by Gasteiger charge is -2.17. The molecule has 0 saturated heterocycles. The molecule has 0 bridgehead atoms. The highest BCUT2D eigenvalue weighted by Crippen LogP contribution is 2.36. The lowest BCUT2D eigenvalue weighted by Crippen LogP contribution is -2.14. The van der Waals surface area contributed by atoms with Gasteiger partial charge in [-0.15, -0.1) is 11.2 Å². The number of pyridine rings is 1. The minimum Gasteiger partial charge on any atom is -0.321 e. The molecule has 0 aliphatic rings. The number of benzene rings is 3. The van der Waals surface area contributed by atoms with Crippen molar-refractivity contribution in [2.24, 2.45) is 0 Å². The Bertz CT molecular complexity index is 1660. The van der Waals surface area contributed by atoms with Gasteiger partial charge in [-0.05, 0) is 65.1 Å². The van der Waals surface area contributed by atoms with Gasteiger partial charge >= 0.3 is 0 Å². The minimum atomic E-state index is -0.410. The summed E-state index contributed by atoms with van der Waals surface area (Å²) in [5.74, 6) is 2.18. The van der Waals surface area contributed by atoms with Crippen molar-refractivity contribution < 1.29 is 9.18 Å². The van der Waals surface area contributed by atoms with Crippen LogP contribution in [-0.4, -0.2) is 25.9 Å². The van der Waals surface area contributed by atoms with Crippen LogP contribution in [0, 0.1) is 25.1 Å². The van der Waals surface area contributed by atoms with Crippen LogP contribution in [0.4, 0.5) is 10.1 Å². The first-order valence-corrected chi connectivity index (χ1v) is 11.6. The molecule has 180 valence electrons. The van der Waals surface area contributed by atoms with Crippen LogP contribution in [0.25, 0.3) is 28.1 Å². The summed E-state index contributed by atoms with van der Waals surface area (Å²) in [6.45, 7) is 1.84. The maximum atomic E-state index is 13.9. The zero-order valence-corrected chi connectivity index (χ0v) is 20.4. The van der Waals surface area contributed by atoms with Gasteiger partial charge in [0.15, 0.2) is 5.82 Å². The lowest BCUT2D eigenvalue weighted by atomic mass is 9.88. The SMILES string of the molecule is C#Cc1cc(F)ccc1-c1cc(C)c(C(=O)Nc2cnc(-n3nccn3)c(Cl)c2)cc1-c1ccccc1. The molecule has 0 aliphatic carbocycles. The molecule has 0 radical (unpaired) electrons. The molecule has 3 aromatic carbocycles. The van der Waals surface area contributed by atoms with Crippen LogP contribution in [0.3, 0.4) is 0 Å². The van der Waals surface area contributed by atoms with Gasteiger partial charge in [-0.2, -0.15) is 10.2 Å².